The van der Waals surface area contributed by atoms with Crippen molar-refractivity contribution >= 4 is 11.0 Å². The SMILES string of the molecule is Cc1oc2cc(C3(N)CC3)ccc2c1C. The maximum Gasteiger partial charge on any atom is 0.134 e. The van der Waals surface area contributed by atoms with Crippen molar-refractivity contribution in [2.75, 3.05) is 0 Å². The highest BCUT2D eigenvalue weighted by atomic mass is 16.3. The Balaban J connectivity index is 2.22. The molecule has 0 bridgehead atoms. The number of benzene rings is 1. The summed E-state index contributed by atoms with van der Waals surface area (Å²) in [6, 6.07) is 6.36. The van der Waals surface area contributed by atoms with Crippen LogP contribution in [-0.4, -0.2) is 0 Å². The molecule has 1 aromatic heterocycles. The summed E-state index contributed by atoms with van der Waals surface area (Å²) < 4.78 is 5.71. The van der Waals surface area contributed by atoms with Crippen LogP contribution in [0.15, 0.2) is 22.6 Å². The Bertz CT molecular complexity index is 535. The molecule has 1 aromatic carbocycles. The summed E-state index contributed by atoms with van der Waals surface area (Å²) in [6.07, 6.45) is 2.19. The van der Waals surface area contributed by atoms with E-state index in [1.807, 2.05) is 6.92 Å². The van der Waals surface area contributed by atoms with E-state index in [2.05, 4.69) is 25.1 Å². The second-order valence-corrected chi connectivity index (χ2v) is 4.65. The number of hydrogen-bond donors (Lipinski definition) is 1. The standard InChI is InChI=1S/C13H15NO/c1-8-9(2)15-12-7-10(3-4-11(8)12)13(14)5-6-13/h3-4,7H,5-6,14H2,1-2H3. The third-order valence-electron chi connectivity index (χ3n) is 3.54. The van der Waals surface area contributed by atoms with Gasteiger partial charge in [0.15, 0.2) is 0 Å². The Labute approximate surface area is 89.1 Å². The highest BCUT2D eigenvalue weighted by molar-refractivity contribution is 5.82. The normalized spacial score (nSPS) is 18.3. The summed E-state index contributed by atoms with van der Waals surface area (Å²) in [4.78, 5) is 0. The number of nitrogens with two attached hydrogens (primary N) is 1. The van der Waals surface area contributed by atoms with Gasteiger partial charge in [-0.1, -0.05) is 12.1 Å². The minimum atomic E-state index is -0.0667. The van der Waals surface area contributed by atoms with Gasteiger partial charge in [-0.2, -0.15) is 0 Å². The lowest BCUT2D eigenvalue weighted by molar-refractivity contribution is 0.573. The molecule has 0 amide bonds. The van der Waals surface area contributed by atoms with Gasteiger partial charge in [0.05, 0.1) is 0 Å². The molecule has 0 unspecified atom stereocenters. The van der Waals surface area contributed by atoms with Crippen molar-refractivity contribution in [3.63, 3.8) is 0 Å². The number of furan rings is 1. The van der Waals surface area contributed by atoms with Crippen LogP contribution in [0.5, 0.6) is 0 Å². The minimum absolute atomic E-state index is 0.0667. The minimum Gasteiger partial charge on any atom is -0.461 e. The smallest absolute Gasteiger partial charge is 0.134 e. The molecule has 2 aromatic rings. The molecule has 1 aliphatic rings. The van der Waals surface area contributed by atoms with Crippen molar-refractivity contribution in [3.8, 4) is 0 Å². The van der Waals surface area contributed by atoms with Crippen LogP contribution in [0.3, 0.4) is 0 Å². The molecule has 2 heteroatoms. The van der Waals surface area contributed by atoms with E-state index in [1.165, 1.54) is 16.5 Å². The van der Waals surface area contributed by atoms with Gasteiger partial charge in [0, 0.05) is 10.9 Å². The van der Waals surface area contributed by atoms with E-state index >= 15 is 0 Å². The topological polar surface area (TPSA) is 39.2 Å². The Morgan fingerprint density at radius 3 is 2.67 bits per heavy atom. The first kappa shape index (κ1) is 8.98. The summed E-state index contributed by atoms with van der Waals surface area (Å²) in [7, 11) is 0. The number of hydrogen-bond acceptors (Lipinski definition) is 2. The van der Waals surface area contributed by atoms with E-state index in [0.29, 0.717) is 0 Å². The molecule has 3 rings (SSSR count). The van der Waals surface area contributed by atoms with Crippen LogP contribution in [0.4, 0.5) is 0 Å². The van der Waals surface area contributed by atoms with E-state index in [9.17, 15) is 0 Å². The van der Waals surface area contributed by atoms with Crippen LogP contribution >= 0.6 is 0 Å². The number of rotatable bonds is 1. The maximum absolute atomic E-state index is 6.16. The Morgan fingerprint density at radius 1 is 1.27 bits per heavy atom. The van der Waals surface area contributed by atoms with Crippen LogP contribution in [0.1, 0.15) is 29.7 Å². The molecular weight excluding hydrogens is 186 g/mol. The van der Waals surface area contributed by atoms with Crippen LogP contribution < -0.4 is 5.73 Å². The second-order valence-electron chi connectivity index (χ2n) is 4.65. The van der Waals surface area contributed by atoms with Gasteiger partial charge >= 0.3 is 0 Å². The van der Waals surface area contributed by atoms with Crippen molar-refractivity contribution < 1.29 is 4.42 Å². The van der Waals surface area contributed by atoms with Crippen molar-refractivity contribution in [1.29, 1.82) is 0 Å². The summed E-state index contributed by atoms with van der Waals surface area (Å²) in [5.74, 6) is 1.00. The average molecular weight is 201 g/mol. The maximum atomic E-state index is 6.16. The third-order valence-corrected chi connectivity index (χ3v) is 3.54. The molecule has 0 spiro atoms. The van der Waals surface area contributed by atoms with Crippen LogP contribution in [-0.2, 0) is 5.54 Å². The van der Waals surface area contributed by atoms with Crippen molar-refractivity contribution in [1.82, 2.24) is 0 Å². The lowest BCUT2D eigenvalue weighted by Gasteiger charge is -2.07. The molecule has 2 N–H and O–H groups in total. The Kier molecular flexibility index (Phi) is 1.58. The molecule has 78 valence electrons. The van der Waals surface area contributed by atoms with Gasteiger partial charge in [0.1, 0.15) is 11.3 Å². The first-order valence-electron chi connectivity index (χ1n) is 5.39. The van der Waals surface area contributed by atoms with E-state index < -0.39 is 0 Å². The van der Waals surface area contributed by atoms with Crippen molar-refractivity contribution in [2.45, 2.75) is 32.2 Å². The molecule has 0 radical (unpaired) electrons. The van der Waals surface area contributed by atoms with Gasteiger partial charge in [-0.3, -0.25) is 0 Å². The number of fused-ring (bicyclic) bond motifs is 1. The Hall–Kier alpha value is -1.28. The summed E-state index contributed by atoms with van der Waals surface area (Å²) in [5, 5.41) is 1.21. The lowest BCUT2D eigenvalue weighted by Crippen LogP contribution is -2.18. The summed E-state index contributed by atoms with van der Waals surface area (Å²) in [5.41, 5.74) is 9.51. The largest absolute Gasteiger partial charge is 0.461 e. The zero-order valence-corrected chi connectivity index (χ0v) is 9.13. The second kappa shape index (κ2) is 2.64. The predicted octanol–water partition coefficient (Wildman–Crippen LogP) is 3.00. The zero-order valence-electron chi connectivity index (χ0n) is 9.13. The molecule has 1 saturated carbocycles. The van der Waals surface area contributed by atoms with Crippen molar-refractivity contribution in [2.24, 2.45) is 5.73 Å². The monoisotopic (exact) mass is 201 g/mol. The molecule has 0 saturated heterocycles. The highest BCUT2D eigenvalue weighted by Gasteiger charge is 2.40. The third kappa shape index (κ3) is 1.21. The van der Waals surface area contributed by atoms with Crippen LogP contribution in [0.25, 0.3) is 11.0 Å². The van der Waals surface area contributed by atoms with Gasteiger partial charge in [-0.25, -0.2) is 0 Å². The van der Waals surface area contributed by atoms with Gasteiger partial charge < -0.3 is 10.2 Å². The molecule has 2 nitrogen and oxygen atoms in total. The molecule has 1 heterocycles. The molecular formula is C13H15NO. The number of aryl methyl sites for hydroxylation is 2. The molecule has 15 heavy (non-hydrogen) atoms. The van der Waals surface area contributed by atoms with Crippen LogP contribution in [0, 0.1) is 13.8 Å². The molecule has 0 atom stereocenters. The quantitative estimate of drug-likeness (QED) is 0.770. The van der Waals surface area contributed by atoms with E-state index in [0.717, 1.165) is 24.2 Å². The summed E-state index contributed by atoms with van der Waals surface area (Å²) in [6.45, 7) is 4.10. The van der Waals surface area contributed by atoms with E-state index in [1.54, 1.807) is 0 Å². The van der Waals surface area contributed by atoms with E-state index in [-0.39, 0.29) is 5.54 Å². The van der Waals surface area contributed by atoms with Crippen molar-refractivity contribution in [3.05, 3.63) is 35.1 Å². The first-order chi connectivity index (χ1) is 7.10. The lowest BCUT2D eigenvalue weighted by atomic mass is 10.0. The predicted molar refractivity (Wildman–Crippen MR) is 60.8 cm³/mol. The highest BCUT2D eigenvalue weighted by Crippen LogP contribution is 2.43. The fraction of sp³-hybridized carbons (Fsp3) is 0.385. The van der Waals surface area contributed by atoms with Gasteiger partial charge in [0.25, 0.3) is 0 Å². The summed E-state index contributed by atoms with van der Waals surface area (Å²) >= 11 is 0. The fourth-order valence-corrected chi connectivity index (χ4v) is 2.08. The molecule has 1 aliphatic carbocycles. The first-order valence-corrected chi connectivity index (χ1v) is 5.39. The fourth-order valence-electron chi connectivity index (χ4n) is 2.08. The van der Waals surface area contributed by atoms with Crippen LogP contribution in [0.2, 0.25) is 0 Å². The van der Waals surface area contributed by atoms with Gasteiger partial charge in [0.2, 0.25) is 0 Å². The van der Waals surface area contributed by atoms with E-state index in [4.69, 9.17) is 10.2 Å². The van der Waals surface area contributed by atoms with Gasteiger partial charge in [-0.15, -0.1) is 0 Å². The molecule has 0 aliphatic heterocycles. The molecule has 1 fully saturated rings. The Morgan fingerprint density at radius 2 is 2.00 bits per heavy atom. The van der Waals surface area contributed by atoms with Gasteiger partial charge in [-0.05, 0) is 43.9 Å². The average Bonchev–Trinajstić information content (AvgIpc) is 2.90. The zero-order chi connectivity index (χ0) is 10.6.